The summed E-state index contributed by atoms with van der Waals surface area (Å²) in [5.74, 6) is 1.02. The Labute approximate surface area is 207 Å². The number of benzene rings is 2. The Balaban J connectivity index is 2.58. The lowest BCUT2D eigenvalue weighted by Crippen LogP contribution is -2.30. The molecule has 0 aliphatic carbocycles. The molecule has 0 N–H and O–H groups in total. The van der Waals surface area contributed by atoms with Gasteiger partial charge in [0.2, 0.25) is 5.75 Å². The predicted octanol–water partition coefficient (Wildman–Crippen LogP) is 4.84. The number of methoxy groups -OCH3 is 5. The number of rotatable bonds is 10. The Morgan fingerprint density at radius 3 is 1.91 bits per heavy atom. The van der Waals surface area contributed by atoms with Crippen molar-refractivity contribution in [3.05, 3.63) is 47.0 Å². The molecule has 2 aromatic carbocycles. The van der Waals surface area contributed by atoms with Crippen molar-refractivity contribution in [2.45, 2.75) is 32.8 Å². The molecule has 0 heterocycles. The van der Waals surface area contributed by atoms with E-state index in [1.807, 2.05) is 6.07 Å². The van der Waals surface area contributed by atoms with Gasteiger partial charge in [-0.2, -0.15) is 5.26 Å². The summed E-state index contributed by atoms with van der Waals surface area (Å²) < 4.78 is 32.6. The Morgan fingerprint density at radius 1 is 0.886 bits per heavy atom. The highest BCUT2D eigenvalue weighted by Crippen LogP contribution is 2.39. The van der Waals surface area contributed by atoms with Crippen LogP contribution >= 0.6 is 0 Å². The summed E-state index contributed by atoms with van der Waals surface area (Å²) in [7, 11) is 7.62. The van der Waals surface area contributed by atoms with Crippen LogP contribution in [0.1, 0.15) is 31.9 Å². The van der Waals surface area contributed by atoms with Crippen molar-refractivity contribution in [2.75, 3.05) is 35.5 Å². The molecule has 0 amide bonds. The summed E-state index contributed by atoms with van der Waals surface area (Å²) in [4.78, 5) is 13.2. The van der Waals surface area contributed by atoms with Gasteiger partial charge in [0.05, 0.1) is 47.5 Å². The first-order valence-electron chi connectivity index (χ1n) is 11.0. The molecule has 0 saturated carbocycles. The van der Waals surface area contributed by atoms with Crippen LogP contribution < -0.4 is 23.7 Å². The standard InChI is InChI=1S/C27H33NO7/c1-27(2,3)35-26(29)20(12-17-9-10-21(30-4)22(13-17)31-5)19(16-28)11-18-14-23(32-6)25(34-8)24(15-18)33-7/h9-11,13-15,20H,12H2,1-8H3/b19-11+/t20-/m0/s1. The molecule has 0 aliphatic heterocycles. The zero-order valence-electron chi connectivity index (χ0n) is 21.6. The predicted molar refractivity (Wildman–Crippen MR) is 132 cm³/mol. The average molecular weight is 484 g/mol. The van der Waals surface area contributed by atoms with E-state index in [1.54, 1.807) is 58.2 Å². The number of hydrogen-bond acceptors (Lipinski definition) is 8. The van der Waals surface area contributed by atoms with E-state index in [2.05, 4.69) is 6.07 Å². The van der Waals surface area contributed by atoms with Crippen molar-refractivity contribution in [3.63, 3.8) is 0 Å². The molecule has 2 aromatic rings. The fourth-order valence-electron chi connectivity index (χ4n) is 3.51. The van der Waals surface area contributed by atoms with Gasteiger partial charge in [-0.3, -0.25) is 4.79 Å². The van der Waals surface area contributed by atoms with Gasteiger partial charge >= 0.3 is 5.97 Å². The molecule has 0 radical (unpaired) electrons. The quantitative estimate of drug-likeness (QED) is 0.350. The highest BCUT2D eigenvalue weighted by molar-refractivity contribution is 5.81. The molecule has 2 rings (SSSR count). The molecule has 0 fully saturated rings. The van der Waals surface area contributed by atoms with E-state index >= 15 is 0 Å². The molecule has 1 atom stereocenters. The van der Waals surface area contributed by atoms with Crippen molar-refractivity contribution in [2.24, 2.45) is 5.92 Å². The Morgan fingerprint density at radius 2 is 1.46 bits per heavy atom. The van der Waals surface area contributed by atoms with E-state index in [0.717, 1.165) is 5.56 Å². The zero-order valence-corrected chi connectivity index (χ0v) is 21.6. The maximum absolute atomic E-state index is 13.2. The highest BCUT2D eigenvalue weighted by Gasteiger charge is 2.29. The van der Waals surface area contributed by atoms with Crippen molar-refractivity contribution in [1.82, 2.24) is 0 Å². The van der Waals surface area contributed by atoms with Crippen LogP contribution in [-0.2, 0) is 16.0 Å². The molecule has 0 aliphatic rings. The van der Waals surface area contributed by atoms with Gasteiger partial charge in [-0.1, -0.05) is 6.07 Å². The van der Waals surface area contributed by atoms with Gasteiger partial charge in [-0.25, -0.2) is 0 Å². The fourth-order valence-corrected chi connectivity index (χ4v) is 3.51. The van der Waals surface area contributed by atoms with Crippen molar-refractivity contribution < 1.29 is 33.2 Å². The number of hydrogen-bond donors (Lipinski definition) is 0. The average Bonchev–Trinajstić information content (AvgIpc) is 2.83. The number of esters is 1. The molecule has 0 unspecified atom stereocenters. The number of nitrogens with zero attached hydrogens (tertiary/aromatic N) is 1. The maximum atomic E-state index is 13.2. The number of ether oxygens (including phenoxy) is 6. The maximum Gasteiger partial charge on any atom is 0.315 e. The van der Waals surface area contributed by atoms with Crippen molar-refractivity contribution >= 4 is 12.0 Å². The van der Waals surface area contributed by atoms with Gasteiger partial charge in [0.25, 0.3) is 0 Å². The third kappa shape index (κ3) is 7.06. The SMILES string of the molecule is COc1ccc(C[C@H](C(=O)OC(C)(C)C)/C(C#N)=C/c2cc(OC)c(OC)c(OC)c2)cc1OC. The Bertz CT molecular complexity index is 1080. The first-order chi connectivity index (χ1) is 16.6. The number of carbonyl (C=O) groups excluding carboxylic acids is 1. The minimum Gasteiger partial charge on any atom is -0.493 e. The Kier molecular flexibility index (Phi) is 9.41. The summed E-state index contributed by atoms with van der Waals surface area (Å²) in [6.45, 7) is 5.36. The fraction of sp³-hybridized carbons (Fsp3) is 0.407. The van der Waals surface area contributed by atoms with Crippen molar-refractivity contribution in [1.29, 1.82) is 5.26 Å². The van der Waals surface area contributed by atoms with E-state index < -0.39 is 17.5 Å². The molecular formula is C27H33NO7. The molecule has 188 valence electrons. The van der Waals surface area contributed by atoms with Crippen LogP contribution in [0.25, 0.3) is 6.08 Å². The van der Waals surface area contributed by atoms with Crippen LogP contribution in [-0.4, -0.2) is 47.1 Å². The van der Waals surface area contributed by atoms with E-state index in [1.165, 1.54) is 28.4 Å². The molecule has 0 aromatic heterocycles. The largest absolute Gasteiger partial charge is 0.493 e. The molecule has 8 nitrogen and oxygen atoms in total. The van der Waals surface area contributed by atoms with Crippen LogP contribution in [0, 0.1) is 17.2 Å². The lowest BCUT2D eigenvalue weighted by molar-refractivity contribution is -0.158. The van der Waals surface area contributed by atoms with Gasteiger partial charge in [0, 0.05) is 5.57 Å². The smallest absolute Gasteiger partial charge is 0.315 e. The molecule has 0 bridgehead atoms. The number of nitriles is 1. The minimum absolute atomic E-state index is 0.221. The van der Waals surface area contributed by atoms with Crippen LogP contribution in [0.2, 0.25) is 0 Å². The second-order valence-electron chi connectivity index (χ2n) is 8.65. The minimum atomic E-state index is -0.864. The second-order valence-corrected chi connectivity index (χ2v) is 8.65. The highest BCUT2D eigenvalue weighted by atomic mass is 16.6. The zero-order chi connectivity index (χ0) is 26.2. The van der Waals surface area contributed by atoms with Gasteiger partial charge in [-0.05, 0) is 68.7 Å². The second kappa shape index (κ2) is 12.0. The van der Waals surface area contributed by atoms with Crippen LogP contribution in [0.15, 0.2) is 35.9 Å². The summed E-state index contributed by atoms with van der Waals surface area (Å²) in [5.41, 5.74) is 0.893. The molecule has 35 heavy (non-hydrogen) atoms. The van der Waals surface area contributed by atoms with Crippen LogP contribution in [0.4, 0.5) is 0 Å². The lowest BCUT2D eigenvalue weighted by atomic mass is 9.90. The van der Waals surface area contributed by atoms with E-state index in [0.29, 0.717) is 34.3 Å². The van der Waals surface area contributed by atoms with Gasteiger partial charge in [0.15, 0.2) is 23.0 Å². The third-order valence-corrected chi connectivity index (χ3v) is 5.09. The lowest BCUT2D eigenvalue weighted by Gasteiger charge is -2.24. The molecule has 0 saturated heterocycles. The van der Waals surface area contributed by atoms with Gasteiger partial charge < -0.3 is 28.4 Å². The van der Waals surface area contributed by atoms with Gasteiger partial charge in [-0.15, -0.1) is 0 Å². The summed E-state index contributed by atoms with van der Waals surface area (Å²) in [6.07, 6.45) is 1.85. The summed E-state index contributed by atoms with van der Waals surface area (Å²) in [5, 5.41) is 10.1. The molecule has 8 heteroatoms. The third-order valence-electron chi connectivity index (χ3n) is 5.09. The van der Waals surface area contributed by atoms with E-state index in [-0.39, 0.29) is 12.0 Å². The van der Waals surface area contributed by atoms with Gasteiger partial charge in [0.1, 0.15) is 5.60 Å². The van der Waals surface area contributed by atoms with Crippen molar-refractivity contribution in [3.8, 4) is 34.8 Å². The van der Waals surface area contributed by atoms with E-state index in [9.17, 15) is 10.1 Å². The number of carbonyl (C=O) groups is 1. The Hall–Kier alpha value is -3.86. The summed E-state index contributed by atoms with van der Waals surface area (Å²) >= 11 is 0. The first-order valence-corrected chi connectivity index (χ1v) is 11.0. The topological polar surface area (TPSA) is 96.2 Å². The van der Waals surface area contributed by atoms with Crippen LogP contribution in [0.5, 0.6) is 28.7 Å². The first kappa shape index (κ1) is 27.4. The monoisotopic (exact) mass is 483 g/mol. The molecular weight excluding hydrogens is 450 g/mol. The van der Waals surface area contributed by atoms with E-state index in [4.69, 9.17) is 28.4 Å². The molecule has 0 spiro atoms. The van der Waals surface area contributed by atoms with Crippen LogP contribution in [0.3, 0.4) is 0 Å². The normalized spacial score (nSPS) is 12.3. The summed E-state index contributed by atoms with van der Waals surface area (Å²) in [6, 6.07) is 11.0.